The van der Waals surface area contributed by atoms with Crippen molar-refractivity contribution in [1.82, 2.24) is 15.2 Å². The first kappa shape index (κ1) is 15.9. The van der Waals surface area contributed by atoms with Crippen LogP contribution in [0.1, 0.15) is 5.89 Å². The van der Waals surface area contributed by atoms with Crippen molar-refractivity contribution in [2.45, 2.75) is 11.0 Å². The molecule has 2 aromatic heterocycles. The number of hydrogen-bond acceptors (Lipinski definition) is 6. The van der Waals surface area contributed by atoms with E-state index in [-0.39, 0.29) is 0 Å². The van der Waals surface area contributed by atoms with Gasteiger partial charge in [0.2, 0.25) is 11.8 Å². The van der Waals surface area contributed by atoms with E-state index in [0.717, 1.165) is 11.1 Å². The van der Waals surface area contributed by atoms with Crippen LogP contribution in [0.15, 0.2) is 74.9 Å². The molecule has 25 heavy (non-hydrogen) atoms. The van der Waals surface area contributed by atoms with Crippen LogP contribution in [0.25, 0.3) is 22.8 Å². The molecule has 2 heterocycles. The molecule has 0 fully saturated rings. The summed E-state index contributed by atoms with van der Waals surface area (Å²) < 4.78 is 11.4. The molecule has 4 rings (SSSR count). The normalized spacial score (nSPS) is 10.9. The molecule has 7 heteroatoms. The van der Waals surface area contributed by atoms with Crippen molar-refractivity contribution >= 4 is 23.4 Å². The molecule has 0 saturated carbocycles. The van der Waals surface area contributed by atoms with Crippen LogP contribution in [-0.2, 0) is 5.75 Å². The third kappa shape index (κ3) is 3.75. The first-order chi connectivity index (χ1) is 12.3. The summed E-state index contributed by atoms with van der Waals surface area (Å²) in [5.74, 6) is 2.25. The Morgan fingerprint density at radius 2 is 1.76 bits per heavy atom. The molecule has 0 amide bonds. The predicted octanol–water partition coefficient (Wildman–Crippen LogP) is 5.34. The van der Waals surface area contributed by atoms with Gasteiger partial charge in [-0.3, -0.25) is 0 Å². The van der Waals surface area contributed by atoms with Gasteiger partial charge in [0.15, 0.2) is 5.76 Å². The van der Waals surface area contributed by atoms with Crippen LogP contribution in [-0.4, -0.2) is 15.2 Å². The fourth-order valence-electron chi connectivity index (χ4n) is 2.24. The Morgan fingerprint density at radius 3 is 2.60 bits per heavy atom. The number of halogens is 1. The summed E-state index contributed by atoms with van der Waals surface area (Å²) >= 11 is 7.38. The summed E-state index contributed by atoms with van der Waals surface area (Å²) in [5, 5.41) is 9.23. The molecule has 0 N–H and O–H groups in total. The van der Waals surface area contributed by atoms with Crippen molar-refractivity contribution in [2.75, 3.05) is 0 Å². The molecule has 0 saturated heterocycles. The molecule has 0 spiro atoms. The van der Waals surface area contributed by atoms with Gasteiger partial charge in [0.05, 0.1) is 11.9 Å². The van der Waals surface area contributed by atoms with Gasteiger partial charge in [-0.1, -0.05) is 53.7 Å². The third-order valence-corrected chi connectivity index (χ3v) is 4.45. The molecular formula is C18H12ClN3O2S. The largest absolute Gasteiger partial charge is 0.440 e. The van der Waals surface area contributed by atoms with Crippen molar-refractivity contribution in [2.24, 2.45) is 0 Å². The molecule has 2 aromatic carbocycles. The second-order valence-electron chi connectivity index (χ2n) is 5.16. The van der Waals surface area contributed by atoms with Crippen LogP contribution in [0.3, 0.4) is 0 Å². The number of aromatic nitrogens is 3. The second-order valence-corrected chi connectivity index (χ2v) is 6.52. The fourth-order valence-corrected chi connectivity index (χ4v) is 3.05. The monoisotopic (exact) mass is 369 g/mol. The zero-order valence-corrected chi connectivity index (χ0v) is 14.5. The molecule has 4 aromatic rings. The Hall–Kier alpha value is -2.57. The lowest BCUT2D eigenvalue weighted by atomic mass is 10.2. The summed E-state index contributed by atoms with van der Waals surface area (Å²) in [6, 6.07) is 17.1. The van der Waals surface area contributed by atoms with E-state index in [1.165, 1.54) is 11.8 Å². The van der Waals surface area contributed by atoms with Crippen molar-refractivity contribution in [3.63, 3.8) is 0 Å². The highest BCUT2D eigenvalue weighted by Gasteiger charge is 2.12. The first-order valence-electron chi connectivity index (χ1n) is 7.50. The number of benzene rings is 2. The van der Waals surface area contributed by atoms with Crippen LogP contribution in [0.2, 0.25) is 5.02 Å². The SMILES string of the molecule is Clc1cccc(-c2cnc(CSc3nnc(-c4ccccc4)o3)o2)c1. The van der Waals surface area contributed by atoms with E-state index < -0.39 is 0 Å². The Morgan fingerprint density at radius 1 is 0.920 bits per heavy atom. The van der Waals surface area contributed by atoms with E-state index in [1.54, 1.807) is 6.20 Å². The van der Waals surface area contributed by atoms with Crippen LogP contribution in [0.4, 0.5) is 0 Å². The summed E-state index contributed by atoms with van der Waals surface area (Å²) in [6.07, 6.45) is 1.69. The molecule has 0 aliphatic carbocycles. The predicted molar refractivity (Wildman–Crippen MR) is 96.2 cm³/mol. The van der Waals surface area contributed by atoms with Crippen molar-refractivity contribution in [1.29, 1.82) is 0 Å². The topological polar surface area (TPSA) is 65.0 Å². The highest BCUT2D eigenvalue weighted by Crippen LogP contribution is 2.28. The van der Waals surface area contributed by atoms with Gasteiger partial charge in [-0.2, -0.15) is 0 Å². The van der Waals surface area contributed by atoms with Crippen LogP contribution < -0.4 is 0 Å². The quantitative estimate of drug-likeness (QED) is 0.442. The number of rotatable bonds is 5. The van der Waals surface area contributed by atoms with E-state index in [0.29, 0.717) is 33.5 Å². The molecule has 0 unspecified atom stereocenters. The smallest absolute Gasteiger partial charge is 0.277 e. The maximum atomic E-state index is 6.00. The molecule has 0 atom stereocenters. The molecule has 0 aliphatic rings. The van der Waals surface area contributed by atoms with E-state index >= 15 is 0 Å². The van der Waals surface area contributed by atoms with Gasteiger partial charge in [0.25, 0.3) is 5.22 Å². The lowest BCUT2D eigenvalue weighted by Gasteiger charge is -1.96. The summed E-state index contributed by atoms with van der Waals surface area (Å²) in [5.41, 5.74) is 1.78. The lowest BCUT2D eigenvalue weighted by molar-refractivity contribution is 0.464. The van der Waals surface area contributed by atoms with Gasteiger partial charge in [-0.25, -0.2) is 4.98 Å². The lowest BCUT2D eigenvalue weighted by Crippen LogP contribution is -1.79. The van der Waals surface area contributed by atoms with Gasteiger partial charge < -0.3 is 8.83 Å². The standard InChI is InChI=1S/C18H12ClN3O2S/c19-14-8-4-7-13(9-14)15-10-20-16(23-15)11-25-18-22-21-17(24-18)12-5-2-1-3-6-12/h1-10H,11H2. The molecule has 0 bridgehead atoms. The highest BCUT2D eigenvalue weighted by molar-refractivity contribution is 7.98. The molecule has 0 radical (unpaired) electrons. The van der Waals surface area contributed by atoms with Gasteiger partial charge in [0, 0.05) is 16.1 Å². The summed E-state index contributed by atoms with van der Waals surface area (Å²) in [6.45, 7) is 0. The second kappa shape index (κ2) is 7.13. The minimum absolute atomic E-state index is 0.473. The minimum atomic E-state index is 0.473. The number of nitrogens with zero attached hydrogens (tertiary/aromatic N) is 3. The molecule has 124 valence electrons. The van der Waals surface area contributed by atoms with Crippen LogP contribution in [0, 0.1) is 0 Å². The van der Waals surface area contributed by atoms with Crippen molar-refractivity contribution in [3.8, 4) is 22.8 Å². The summed E-state index contributed by atoms with van der Waals surface area (Å²) in [7, 11) is 0. The van der Waals surface area contributed by atoms with E-state index in [1.807, 2.05) is 54.6 Å². The maximum Gasteiger partial charge on any atom is 0.277 e. The highest BCUT2D eigenvalue weighted by atomic mass is 35.5. The molecular weight excluding hydrogens is 358 g/mol. The Labute approximate surface area is 153 Å². The zero-order chi connectivity index (χ0) is 17.1. The minimum Gasteiger partial charge on any atom is -0.440 e. The van der Waals surface area contributed by atoms with Gasteiger partial charge in [-0.05, 0) is 24.3 Å². The van der Waals surface area contributed by atoms with Crippen molar-refractivity contribution in [3.05, 3.63) is 71.7 Å². The first-order valence-corrected chi connectivity index (χ1v) is 8.87. The van der Waals surface area contributed by atoms with Crippen LogP contribution >= 0.6 is 23.4 Å². The number of oxazole rings is 1. The Kier molecular flexibility index (Phi) is 4.54. The third-order valence-electron chi connectivity index (χ3n) is 3.41. The van der Waals surface area contributed by atoms with Crippen molar-refractivity contribution < 1.29 is 8.83 Å². The van der Waals surface area contributed by atoms with Crippen LogP contribution in [0.5, 0.6) is 0 Å². The maximum absolute atomic E-state index is 6.00. The Balaban J connectivity index is 1.43. The van der Waals surface area contributed by atoms with E-state index in [9.17, 15) is 0 Å². The summed E-state index contributed by atoms with van der Waals surface area (Å²) in [4.78, 5) is 4.28. The fraction of sp³-hybridized carbons (Fsp3) is 0.0556. The average Bonchev–Trinajstić information content (AvgIpc) is 3.30. The number of hydrogen-bond donors (Lipinski definition) is 0. The van der Waals surface area contributed by atoms with Gasteiger partial charge in [0.1, 0.15) is 0 Å². The Bertz CT molecular complexity index is 985. The van der Waals surface area contributed by atoms with E-state index in [4.69, 9.17) is 20.4 Å². The number of thioether (sulfide) groups is 1. The van der Waals surface area contributed by atoms with E-state index in [2.05, 4.69) is 15.2 Å². The van der Waals surface area contributed by atoms with Gasteiger partial charge >= 0.3 is 0 Å². The zero-order valence-electron chi connectivity index (χ0n) is 12.9. The molecule has 0 aliphatic heterocycles. The van der Waals surface area contributed by atoms with Gasteiger partial charge in [-0.15, -0.1) is 10.2 Å². The molecule has 5 nitrogen and oxygen atoms in total. The average molecular weight is 370 g/mol.